The van der Waals surface area contributed by atoms with Gasteiger partial charge in [0.15, 0.2) is 0 Å². The van der Waals surface area contributed by atoms with Gasteiger partial charge in [-0.2, -0.15) is 0 Å². The lowest BCUT2D eigenvalue weighted by molar-refractivity contribution is -0.0293. The highest BCUT2D eigenvalue weighted by Crippen LogP contribution is 2.11. The third-order valence-electron chi connectivity index (χ3n) is 0.946. The molecule has 0 unspecified atom stereocenters. The maximum Gasteiger partial charge on any atom is 0.519 e. The first-order valence-corrected chi connectivity index (χ1v) is 6.24. The van der Waals surface area contributed by atoms with E-state index in [0.29, 0.717) is 0 Å². The van der Waals surface area contributed by atoms with E-state index in [1.807, 2.05) is 0 Å². The van der Waals surface area contributed by atoms with Crippen LogP contribution in [0.4, 0.5) is 9.59 Å². The van der Waals surface area contributed by atoms with Crippen molar-refractivity contribution < 1.29 is 23.8 Å². The minimum atomic E-state index is -1.06. The van der Waals surface area contributed by atoms with Crippen LogP contribution in [0.25, 0.3) is 0 Å². The second-order valence-electron chi connectivity index (χ2n) is 5.13. The molecule has 0 atom stereocenters. The lowest BCUT2D eigenvalue weighted by Crippen LogP contribution is -2.29. The summed E-state index contributed by atoms with van der Waals surface area (Å²) in [6.07, 6.45) is -2.12. The van der Waals surface area contributed by atoms with Crippen LogP contribution >= 0.6 is 23.2 Å². The summed E-state index contributed by atoms with van der Waals surface area (Å²) in [5.74, 6) is 0. The minimum absolute atomic E-state index is 0.194. The summed E-state index contributed by atoms with van der Waals surface area (Å²) in [5, 5.41) is 0.194. The van der Waals surface area contributed by atoms with Gasteiger partial charge in [-0.1, -0.05) is 0 Å². The second kappa shape index (κ2) is 8.43. The highest BCUT2D eigenvalue weighted by Gasteiger charge is 2.24. The van der Waals surface area contributed by atoms with Gasteiger partial charge < -0.3 is 14.2 Å². The van der Waals surface area contributed by atoms with Gasteiger partial charge in [-0.05, 0) is 41.5 Å². The normalized spacial score (nSPS) is 10.9. The second-order valence-corrected chi connectivity index (χ2v) is 5.94. The van der Waals surface area contributed by atoms with E-state index in [2.05, 4.69) is 4.74 Å². The summed E-state index contributed by atoms with van der Waals surface area (Å²) in [6.45, 7) is 10.0. The summed E-state index contributed by atoms with van der Waals surface area (Å²) in [4.78, 5) is 22.0. The molecule has 0 amide bonds. The quantitative estimate of drug-likeness (QED) is 0.379. The molecule has 0 aliphatic carbocycles. The maximum absolute atomic E-state index is 11.0. The van der Waals surface area contributed by atoms with Crippen molar-refractivity contribution >= 4 is 35.5 Å². The van der Waals surface area contributed by atoms with Crippen LogP contribution in [-0.2, 0) is 14.2 Å². The Kier molecular flexibility index (Phi) is 9.20. The fourth-order valence-electron chi connectivity index (χ4n) is 0.610. The number of hydrogen-bond donors (Lipinski definition) is 0. The summed E-state index contributed by atoms with van der Waals surface area (Å²) in [6, 6.07) is 0. The van der Waals surface area contributed by atoms with Crippen molar-refractivity contribution in [3.05, 3.63) is 0 Å². The zero-order chi connectivity index (χ0) is 15.0. The molecule has 0 aliphatic rings. The number of ether oxygens (including phenoxy) is 3. The fraction of sp³-hybridized carbons (Fsp3) is 0.818. The smallest absolute Gasteiger partial charge is 0.428 e. The first-order valence-electron chi connectivity index (χ1n) is 5.17. The average molecular weight is 303 g/mol. The van der Waals surface area contributed by atoms with Gasteiger partial charge in [-0.15, -0.1) is 23.2 Å². The van der Waals surface area contributed by atoms with Crippen molar-refractivity contribution in [1.29, 1.82) is 0 Å². The summed E-state index contributed by atoms with van der Waals surface area (Å²) in [7, 11) is 0. The van der Waals surface area contributed by atoms with Crippen LogP contribution in [-0.4, -0.2) is 28.9 Å². The van der Waals surface area contributed by atoms with Crippen molar-refractivity contribution in [3.63, 3.8) is 0 Å². The number of alkyl halides is 2. The van der Waals surface area contributed by atoms with Crippen molar-refractivity contribution in [1.82, 2.24) is 0 Å². The number of rotatable bonds is 0. The van der Waals surface area contributed by atoms with E-state index in [0.717, 1.165) is 0 Å². The molecule has 18 heavy (non-hydrogen) atoms. The Morgan fingerprint density at radius 2 is 1.06 bits per heavy atom. The molecule has 0 rings (SSSR count). The lowest BCUT2D eigenvalue weighted by Gasteiger charge is -2.20. The Morgan fingerprint density at radius 1 is 0.833 bits per heavy atom. The molecule has 0 radical (unpaired) electrons. The molecule has 0 heterocycles. The van der Waals surface area contributed by atoms with Gasteiger partial charge in [0.25, 0.3) is 0 Å². The predicted molar refractivity (Wildman–Crippen MR) is 70.1 cm³/mol. The van der Waals surface area contributed by atoms with E-state index in [9.17, 15) is 9.59 Å². The zero-order valence-electron chi connectivity index (χ0n) is 11.5. The molecule has 108 valence electrons. The Bertz CT molecular complexity index is 240. The van der Waals surface area contributed by atoms with Crippen LogP contribution in [0.15, 0.2) is 0 Å². The Hall–Kier alpha value is -0.680. The van der Waals surface area contributed by atoms with Crippen molar-refractivity contribution in [3.8, 4) is 0 Å². The highest BCUT2D eigenvalue weighted by molar-refractivity contribution is 6.40. The zero-order valence-corrected chi connectivity index (χ0v) is 13.0. The number of halogens is 2. The Morgan fingerprint density at radius 3 is 1.22 bits per heavy atom. The topological polar surface area (TPSA) is 61.8 Å². The van der Waals surface area contributed by atoms with E-state index < -0.39 is 23.5 Å². The monoisotopic (exact) mass is 302 g/mol. The van der Waals surface area contributed by atoms with E-state index in [1.54, 1.807) is 41.5 Å². The number of carbonyl (C=O) groups excluding carboxylic acids is 2. The molecular formula is C11H20Cl2O5. The summed E-state index contributed by atoms with van der Waals surface area (Å²) in [5.41, 5.74) is -1.39. The van der Waals surface area contributed by atoms with E-state index in [1.165, 1.54) is 0 Å². The van der Waals surface area contributed by atoms with Gasteiger partial charge in [0.1, 0.15) is 11.2 Å². The third kappa shape index (κ3) is 17.7. The molecule has 5 nitrogen and oxygen atoms in total. The Balaban J connectivity index is 0. The van der Waals surface area contributed by atoms with Crippen molar-refractivity contribution in [2.45, 2.75) is 52.7 Å². The van der Waals surface area contributed by atoms with Gasteiger partial charge in [-0.25, -0.2) is 9.59 Å². The van der Waals surface area contributed by atoms with Gasteiger partial charge in [0.05, 0.1) is 5.34 Å². The summed E-state index contributed by atoms with van der Waals surface area (Å²) >= 11 is 9.53. The molecule has 0 aromatic carbocycles. The van der Waals surface area contributed by atoms with Crippen molar-refractivity contribution in [2.75, 3.05) is 5.34 Å². The molecule has 0 fully saturated rings. The molecule has 0 bridgehead atoms. The third-order valence-corrected chi connectivity index (χ3v) is 0.946. The van der Waals surface area contributed by atoms with Gasteiger partial charge >= 0.3 is 12.3 Å². The maximum atomic E-state index is 11.0. The molecule has 0 aromatic heterocycles. The van der Waals surface area contributed by atoms with Crippen LogP contribution in [0.1, 0.15) is 41.5 Å². The van der Waals surface area contributed by atoms with Gasteiger partial charge in [0, 0.05) is 0 Å². The number of hydrogen-bond acceptors (Lipinski definition) is 5. The van der Waals surface area contributed by atoms with E-state index >= 15 is 0 Å². The van der Waals surface area contributed by atoms with Gasteiger partial charge in [0.2, 0.25) is 0 Å². The van der Waals surface area contributed by atoms with Crippen molar-refractivity contribution in [2.24, 2.45) is 0 Å². The molecule has 0 N–H and O–H groups in total. The standard InChI is InChI=1S/C10H18O5.CH2Cl2/c1-9(2,3)14-7(11)13-8(12)15-10(4,5)6;2-1-3/h1-6H3;1H2. The summed E-state index contributed by atoms with van der Waals surface area (Å²) < 4.78 is 13.8. The first-order chi connectivity index (χ1) is 7.91. The first kappa shape index (κ1) is 19.7. The molecule has 7 heteroatoms. The molecule has 0 saturated heterocycles. The number of carbonyl (C=O) groups is 2. The molecule has 0 aliphatic heterocycles. The average Bonchev–Trinajstić information content (AvgIpc) is 1.95. The van der Waals surface area contributed by atoms with E-state index in [-0.39, 0.29) is 5.34 Å². The fourth-order valence-corrected chi connectivity index (χ4v) is 0.610. The Labute approximate surface area is 118 Å². The SMILES string of the molecule is CC(C)(C)OC(=O)OC(=O)OC(C)(C)C.ClCCl. The van der Waals surface area contributed by atoms with Gasteiger partial charge in [-0.3, -0.25) is 0 Å². The van der Waals surface area contributed by atoms with Crippen LogP contribution in [0.2, 0.25) is 0 Å². The highest BCUT2D eigenvalue weighted by atomic mass is 35.5. The molecule has 0 spiro atoms. The largest absolute Gasteiger partial charge is 0.519 e. The van der Waals surface area contributed by atoms with Crippen LogP contribution < -0.4 is 0 Å². The predicted octanol–water partition coefficient (Wildman–Crippen LogP) is 4.29. The minimum Gasteiger partial charge on any atom is -0.428 e. The van der Waals surface area contributed by atoms with Crippen LogP contribution in [0.5, 0.6) is 0 Å². The lowest BCUT2D eigenvalue weighted by atomic mass is 10.2. The molecule has 0 saturated carbocycles. The molecular weight excluding hydrogens is 283 g/mol. The molecule has 0 aromatic rings. The van der Waals surface area contributed by atoms with Crippen LogP contribution in [0, 0.1) is 0 Å². The van der Waals surface area contributed by atoms with E-state index in [4.69, 9.17) is 32.7 Å². The van der Waals surface area contributed by atoms with Crippen LogP contribution in [0.3, 0.4) is 0 Å².